The summed E-state index contributed by atoms with van der Waals surface area (Å²) in [6.07, 6.45) is 5.10. The SMILES string of the molecule is C/C(=N\OCc1ccc(Cl)cc1)C(Cc1ccc(OCc2cnn(-c3ccc(CC(C)C)cc3)c2)cc1)C(=O)O. The molecule has 0 bridgehead atoms. The third-order valence-electron chi connectivity index (χ3n) is 6.40. The van der Waals surface area contributed by atoms with Crippen molar-refractivity contribution in [2.24, 2.45) is 17.0 Å². The highest BCUT2D eigenvalue weighted by atomic mass is 35.5. The first-order chi connectivity index (χ1) is 19.3. The van der Waals surface area contributed by atoms with Gasteiger partial charge in [0.15, 0.2) is 0 Å². The molecule has 7 nitrogen and oxygen atoms in total. The van der Waals surface area contributed by atoms with E-state index in [1.807, 2.05) is 47.3 Å². The van der Waals surface area contributed by atoms with E-state index < -0.39 is 11.9 Å². The number of carboxylic acid groups (broad SMARTS) is 1. The fourth-order valence-corrected chi connectivity index (χ4v) is 4.35. The second-order valence-electron chi connectivity index (χ2n) is 10.2. The summed E-state index contributed by atoms with van der Waals surface area (Å²) in [5.74, 6) is -0.445. The number of oxime groups is 1. The summed E-state index contributed by atoms with van der Waals surface area (Å²) in [6.45, 7) is 6.70. The summed E-state index contributed by atoms with van der Waals surface area (Å²) >= 11 is 5.90. The second-order valence-corrected chi connectivity index (χ2v) is 10.7. The molecule has 1 N–H and O–H groups in total. The van der Waals surface area contributed by atoms with Crippen molar-refractivity contribution in [3.05, 3.63) is 112 Å². The van der Waals surface area contributed by atoms with Crippen molar-refractivity contribution < 1.29 is 19.5 Å². The summed E-state index contributed by atoms with van der Waals surface area (Å²) in [7, 11) is 0. The average molecular weight is 560 g/mol. The highest BCUT2D eigenvalue weighted by Gasteiger charge is 2.22. The normalized spacial score (nSPS) is 12.4. The lowest BCUT2D eigenvalue weighted by Crippen LogP contribution is -2.24. The van der Waals surface area contributed by atoms with Crippen LogP contribution in [0.1, 0.15) is 43.0 Å². The van der Waals surface area contributed by atoms with Gasteiger partial charge in [0.2, 0.25) is 0 Å². The van der Waals surface area contributed by atoms with Crippen LogP contribution in [0, 0.1) is 11.8 Å². The molecule has 0 fully saturated rings. The zero-order valence-corrected chi connectivity index (χ0v) is 23.7. The Morgan fingerprint density at radius 1 is 0.900 bits per heavy atom. The van der Waals surface area contributed by atoms with Crippen LogP contribution in [-0.2, 0) is 35.7 Å². The standard InChI is InChI=1S/C32H34ClN3O4/c1-22(2)16-24-6-12-29(13-7-24)36-19-27(18-34-36)20-39-30-14-8-25(9-15-30)17-31(32(37)38)23(3)35-40-21-26-4-10-28(33)11-5-26/h4-15,18-19,22,31H,16-17,20-21H2,1-3H3,(H,37,38)/b35-23+. The summed E-state index contributed by atoms with van der Waals surface area (Å²) in [6, 6.07) is 23.1. The molecule has 0 saturated carbocycles. The van der Waals surface area contributed by atoms with E-state index in [1.54, 1.807) is 25.3 Å². The molecule has 0 aliphatic rings. The van der Waals surface area contributed by atoms with Gasteiger partial charge in [-0.3, -0.25) is 4.79 Å². The molecule has 1 aromatic heterocycles. The first-order valence-corrected chi connectivity index (χ1v) is 13.6. The Hall–Kier alpha value is -4.10. The van der Waals surface area contributed by atoms with Crippen molar-refractivity contribution in [1.82, 2.24) is 9.78 Å². The zero-order valence-electron chi connectivity index (χ0n) is 23.0. The van der Waals surface area contributed by atoms with E-state index in [1.165, 1.54) is 5.56 Å². The lowest BCUT2D eigenvalue weighted by atomic mass is 9.95. The van der Waals surface area contributed by atoms with E-state index in [0.717, 1.165) is 28.8 Å². The van der Waals surface area contributed by atoms with Gasteiger partial charge in [0.1, 0.15) is 24.9 Å². The molecule has 40 heavy (non-hydrogen) atoms. The average Bonchev–Trinajstić information content (AvgIpc) is 3.41. The fraction of sp³-hybridized carbons (Fsp3) is 0.281. The Balaban J connectivity index is 1.29. The maximum absolute atomic E-state index is 11.9. The number of halogens is 1. The van der Waals surface area contributed by atoms with Crippen LogP contribution in [0.5, 0.6) is 5.75 Å². The van der Waals surface area contributed by atoms with Crippen LogP contribution in [0.2, 0.25) is 5.02 Å². The molecular formula is C32H34ClN3O4. The molecule has 4 aromatic rings. The smallest absolute Gasteiger partial charge is 0.312 e. The van der Waals surface area contributed by atoms with E-state index in [4.69, 9.17) is 21.2 Å². The zero-order chi connectivity index (χ0) is 28.5. The molecule has 0 aliphatic carbocycles. The number of rotatable bonds is 13. The maximum Gasteiger partial charge on any atom is 0.312 e. The van der Waals surface area contributed by atoms with E-state index in [9.17, 15) is 9.90 Å². The van der Waals surface area contributed by atoms with Crippen molar-refractivity contribution in [3.8, 4) is 11.4 Å². The van der Waals surface area contributed by atoms with Gasteiger partial charge in [-0.1, -0.05) is 67.0 Å². The van der Waals surface area contributed by atoms with E-state index in [0.29, 0.717) is 29.0 Å². The first-order valence-electron chi connectivity index (χ1n) is 13.2. The van der Waals surface area contributed by atoms with Gasteiger partial charge < -0.3 is 14.7 Å². The van der Waals surface area contributed by atoms with Crippen LogP contribution in [0.4, 0.5) is 0 Å². The summed E-state index contributed by atoms with van der Waals surface area (Å²) in [5.41, 5.74) is 5.43. The van der Waals surface area contributed by atoms with Crippen molar-refractivity contribution in [2.75, 3.05) is 0 Å². The van der Waals surface area contributed by atoms with Gasteiger partial charge in [-0.15, -0.1) is 0 Å². The number of hydrogen-bond donors (Lipinski definition) is 1. The molecule has 8 heteroatoms. The molecule has 0 radical (unpaired) electrons. The summed E-state index contributed by atoms with van der Waals surface area (Å²) < 4.78 is 7.78. The van der Waals surface area contributed by atoms with E-state index in [-0.39, 0.29) is 13.0 Å². The Bertz CT molecular complexity index is 1410. The molecule has 1 heterocycles. The molecule has 0 aliphatic heterocycles. The van der Waals surface area contributed by atoms with Gasteiger partial charge in [0.05, 0.1) is 17.6 Å². The van der Waals surface area contributed by atoms with Gasteiger partial charge in [0.25, 0.3) is 0 Å². The van der Waals surface area contributed by atoms with Crippen molar-refractivity contribution in [2.45, 2.75) is 46.8 Å². The number of nitrogens with zero attached hydrogens (tertiary/aromatic N) is 3. The Kier molecular flexibility index (Phi) is 9.97. The quantitative estimate of drug-likeness (QED) is 0.139. The highest BCUT2D eigenvalue weighted by molar-refractivity contribution is 6.30. The lowest BCUT2D eigenvalue weighted by molar-refractivity contribution is -0.139. The largest absolute Gasteiger partial charge is 0.489 e. The third-order valence-corrected chi connectivity index (χ3v) is 6.66. The van der Waals surface area contributed by atoms with Crippen LogP contribution in [0.3, 0.4) is 0 Å². The van der Waals surface area contributed by atoms with Gasteiger partial charge >= 0.3 is 5.97 Å². The topological polar surface area (TPSA) is 85.9 Å². The molecule has 4 rings (SSSR count). The second kappa shape index (κ2) is 13.8. The Morgan fingerprint density at radius 3 is 2.17 bits per heavy atom. The van der Waals surface area contributed by atoms with Crippen LogP contribution < -0.4 is 4.74 Å². The van der Waals surface area contributed by atoms with Crippen molar-refractivity contribution in [1.29, 1.82) is 0 Å². The molecule has 1 atom stereocenters. The number of hydrogen-bond acceptors (Lipinski definition) is 5. The number of carboxylic acids is 1. The minimum absolute atomic E-state index is 0.233. The van der Waals surface area contributed by atoms with Crippen LogP contribution in [0.25, 0.3) is 5.69 Å². The van der Waals surface area contributed by atoms with Gasteiger partial charge in [-0.25, -0.2) is 4.68 Å². The minimum Gasteiger partial charge on any atom is -0.489 e. The van der Waals surface area contributed by atoms with Gasteiger partial charge in [-0.2, -0.15) is 5.10 Å². The van der Waals surface area contributed by atoms with Crippen molar-refractivity contribution >= 4 is 23.3 Å². The maximum atomic E-state index is 11.9. The van der Waals surface area contributed by atoms with Crippen LogP contribution in [0.15, 0.2) is 90.3 Å². The number of aliphatic carboxylic acids is 1. The van der Waals surface area contributed by atoms with E-state index >= 15 is 0 Å². The predicted molar refractivity (Wildman–Crippen MR) is 157 cm³/mol. The number of carbonyl (C=O) groups is 1. The summed E-state index contributed by atoms with van der Waals surface area (Å²) in [4.78, 5) is 17.3. The van der Waals surface area contributed by atoms with Crippen LogP contribution in [-0.4, -0.2) is 26.6 Å². The fourth-order valence-electron chi connectivity index (χ4n) is 4.22. The first kappa shape index (κ1) is 28.9. The molecular weight excluding hydrogens is 526 g/mol. The third kappa shape index (κ3) is 8.45. The van der Waals surface area contributed by atoms with E-state index in [2.05, 4.69) is 48.4 Å². The Labute approximate surface area is 240 Å². The molecule has 0 spiro atoms. The highest BCUT2D eigenvalue weighted by Crippen LogP contribution is 2.19. The molecule has 208 valence electrons. The molecule has 0 saturated heterocycles. The lowest BCUT2D eigenvalue weighted by Gasteiger charge is -2.13. The molecule has 1 unspecified atom stereocenters. The predicted octanol–water partition coefficient (Wildman–Crippen LogP) is 7.14. The number of aromatic nitrogens is 2. The van der Waals surface area contributed by atoms with Gasteiger partial charge in [0, 0.05) is 16.8 Å². The number of benzene rings is 3. The summed E-state index contributed by atoms with van der Waals surface area (Å²) in [5, 5.41) is 18.9. The monoisotopic (exact) mass is 559 g/mol. The van der Waals surface area contributed by atoms with Crippen molar-refractivity contribution in [3.63, 3.8) is 0 Å². The molecule has 3 aromatic carbocycles. The van der Waals surface area contributed by atoms with Gasteiger partial charge in [-0.05, 0) is 78.8 Å². The minimum atomic E-state index is -0.955. The Morgan fingerprint density at radius 2 is 1.52 bits per heavy atom. The molecule has 0 amide bonds. The number of ether oxygens (including phenoxy) is 1. The van der Waals surface area contributed by atoms with Crippen LogP contribution >= 0.6 is 11.6 Å².